The molecule has 2 N–H and O–H groups in total. The molecule has 4 nitrogen and oxygen atoms in total. The monoisotopic (exact) mass is 181 g/mol. The molecule has 0 spiro atoms. The molecule has 2 rings (SSSR count). The summed E-state index contributed by atoms with van der Waals surface area (Å²) in [6.45, 7) is 0.587. The van der Waals surface area contributed by atoms with E-state index < -0.39 is 11.9 Å². The molecule has 1 fully saturated rings. The lowest BCUT2D eigenvalue weighted by Crippen LogP contribution is -2.33. The summed E-state index contributed by atoms with van der Waals surface area (Å²) in [6, 6.07) is 0. The highest BCUT2D eigenvalue weighted by Crippen LogP contribution is 2.33. The molecule has 0 aromatic carbocycles. The Morgan fingerprint density at radius 3 is 3.08 bits per heavy atom. The fraction of sp³-hybridized carbons (Fsp3) is 0.556. The van der Waals surface area contributed by atoms with Gasteiger partial charge in [0.15, 0.2) is 0 Å². The molecule has 2 aliphatic rings. The van der Waals surface area contributed by atoms with Crippen LogP contribution in [-0.4, -0.2) is 23.5 Å². The second kappa shape index (κ2) is 2.87. The molecule has 1 heterocycles. The Kier molecular flexibility index (Phi) is 1.83. The van der Waals surface area contributed by atoms with Crippen LogP contribution in [0.2, 0.25) is 0 Å². The zero-order valence-corrected chi connectivity index (χ0v) is 7.06. The van der Waals surface area contributed by atoms with Crippen LogP contribution in [-0.2, 0) is 9.59 Å². The second-order valence-corrected chi connectivity index (χ2v) is 3.54. The molecule has 3 atom stereocenters. The van der Waals surface area contributed by atoms with Gasteiger partial charge in [-0.25, -0.2) is 0 Å². The number of fused-ring (bicyclic) bond motifs is 1. The first-order valence-corrected chi connectivity index (χ1v) is 4.37. The van der Waals surface area contributed by atoms with Gasteiger partial charge in [0, 0.05) is 12.5 Å². The average molecular weight is 181 g/mol. The van der Waals surface area contributed by atoms with Crippen LogP contribution in [0, 0.1) is 17.8 Å². The number of hydrogen-bond donors (Lipinski definition) is 2. The minimum absolute atomic E-state index is 0.0855. The number of carbonyl (C=O) groups excluding carboxylic acids is 1. The molecule has 1 aliphatic heterocycles. The van der Waals surface area contributed by atoms with Crippen molar-refractivity contribution < 1.29 is 14.7 Å². The van der Waals surface area contributed by atoms with Crippen molar-refractivity contribution in [2.75, 3.05) is 6.54 Å². The highest BCUT2D eigenvalue weighted by molar-refractivity contribution is 5.87. The number of allylic oxidation sites excluding steroid dienone is 1. The van der Waals surface area contributed by atoms with Crippen LogP contribution in [0.1, 0.15) is 6.42 Å². The van der Waals surface area contributed by atoms with Crippen LogP contribution in [0.4, 0.5) is 0 Å². The number of carbonyl (C=O) groups is 2. The highest BCUT2D eigenvalue weighted by atomic mass is 16.4. The molecule has 0 aromatic heterocycles. The number of amides is 1. The maximum absolute atomic E-state index is 11.3. The van der Waals surface area contributed by atoms with Crippen molar-refractivity contribution >= 4 is 11.9 Å². The molecule has 0 saturated carbocycles. The molecule has 1 saturated heterocycles. The van der Waals surface area contributed by atoms with Crippen molar-refractivity contribution in [3.8, 4) is 0 Å². The summed E-state index contributed by atoms with van der Waals surface area (Å²) in [6.07, 6.45) is 4.28. The molecule has 1 aliphatic carbocycles. The third kappa shape index (κ3) is 1.22. The van der Waals surface area contributed by atoms with E-state index in [4.69, 9.17) is 5.11 Å². The van der Waals surface area contributed by atoms with Gasteiger partial charge in [0.05, 0.1) is 11.8 Å². The second-order valence-electron chi connectivity index (χ2n) is 3.54. The van der Waals surface area contributed by atoms with Crippen LogP contribution in [0.25, 0.3) is 0 Å². The summed E-state index contributed by atoms with van der Waals surface area (Å²) in [5.74, 6) is -1.76. The third-order valence-corrected chi connectivity index (χ3v) is 2.80. The number of hydrogen-bond acceptors (Lipinski definition) is 2. The van der Waals surface area contributed by atoms with Gasteiger partial charge >= 0.3 is 5.97 Å². The van der Waals surface area contributed by atoms with Crippen molar-refractivity contribution in [1.29, 1.82) is 0 Å². The summed E-state index contributed by atoms with van der Waals surface area (Å²) in [7, 11) is 0. The Labute approximate surface area is 75.6 Å². The van der Waals surface area contributed by atoms with Crippen molar-refractivity contribution in [3.05, 3.63) is 12.2 Å². The third-order valence-electron chi connectivity index (χ3n) is 2.80. The van der Waals surface area contributed by atoms with E-state index in [0.29, 0.717) is 13.0 Å². The molecule has 0 radical (unpaired) electrons. The number of carboxylic acids is 1. The van der Waals surface area contributed by atoms with Gasteiger partial charge in [-0.3, -0.25) is 9.59 Å². The summed E-state index contributed by atoms with van der Waals surface area (Å²) in [5, 5.41) is 11.6. The summed E-state index contributed by atoms with van der Waals surface area (Å²) < 4.78 is 0. The maximum atomic E-state index is 11.3. The molecule has 0 aromatic rings. The first kappa shape index (κ1) is 8.29. The average Bonchev–Trinajstić information content (AvgIpc) is 2.48. The van der Waals surface area contributed by atoms with Crippen LogP contribution in [0.3, 0.4) is 0 Å². The van der Waals surface area contributed by atoms with Crippen molar-refractivity contribution in [3.63, 3.8) is 0 Å². The standard InChI is InChI=1S/C9H11NO3/c11-8-7-5(4-10-8)2-1-3-6(7)9(12)13/h1-2,5-7H,3-4H2,(H,10,11)(H,12,13). The van der Waals surface area contributed by atoms with Gasteiger partial charge in [0.25, 0.3) is 0 Å². The zero-order chi connectivity index (χ0) is 9.42. The van der Waals surface area contributed by atoms with Crippen LogP contribution in [0.5, 0.6) is 0 Å². The van der Waals surface area contributed by atoms with Gasteiger partial charge in [-0.15, -0.1) is 0 Å². The fourth-order valence-electron chi connectivity index (χ4n) is 2.13. The minimum atomic E-state index is -0.864. The topological polar surface area (TPSA) is 66.4 Å². The van der Waals surface area contributed by atoms with Gasteiger partial charge in [-0.2, -0.15) is 0 Å². The molecule has 1 amide bonds. The van der Waals surface area contributed by atoms with Gasteiger partial charge in [0.2, 0.25) is 5.91 Å². The van der Waals surface area contributed by atoms with E-state index in [1.165, 1.54) is 0 Å². The molecular weight excluding hydrogens is 170 g/mol. The largest absolute Gasteiger partial charge is 0.481 e. The normalized spacial score (nSPS) is 36.9. The van der Waals surface area contributed by atoms with E-state index in [1.54, 1.807) is 0 Å². The van der Waals surface area contributed by atoms with E-state index >= 15 is 0 Å². The number of nitrogens with one attached hydrogen (secondary N) is 1. The molecule has 0 bridgehead atoms. The zero-order valence-electron chi connectivity index (χ0n) is 7.06. The van der Waals surface area contributed by atoms with Gasteiger partial charge in [-0.05, 0) is 6.42 Å². The Morgan fingerprint density at radius 1 is 1.62 bits per heavy atom. The smallest absolute Gasteiger partial charge is 0.307 e. The number of carboxylic acid groups (broad SMARTS) is 1. The molecular formula is C9H11NO3. The van der Waals surface area contributed by atoms with Gasteiger partial charge < -0.3 is 10.4 Å². The summed E-state index contributed by atoms with van der Waals surface area (Å²) >= 11 is 0. The van der Waals surface area contributed by atoms with Crippen LogP contribution >= 0.6 is 0 Å². The summed E-state index contributed by atoms with van der Waals surface area (Å²) in [4.78, 5) is 22.1. The molecule has 3 unspecified atom stereocenters. The van der Waals surface area contributed by atoms with Crippen molar-refractivity contribution in [2.45, 2.75) is 6.42 Å². The van der Waals surface area contributed by atoms with Gasteiger partial charge in [0.1, 0.15) is 0 Å². The summed E-state index contributed by atoms with van der Waals surface area (Å²) in [5.41, 5.74) is 0. The molecule has 70 valence electrons. The van der Waals surface area contributed by atoms with Crippen molar-refractivity contribution in [2.24, 2.45) is 17.8 Å². The van der Waals surface area contributed by atoms with Crippen LogP contribution in [0.15, 0.2) is 12.2 Å². The van der Waals surface area contributed by atoms with Gasteiger partial charge in [-0.1, -0.05) is 12.2 Å². The van der Waals surface area contributed by atoms with E-state index in [2.05, 4.69) is 5.32 Å². The first-order valence-electron chi connectivity index (χ1n) is 4.37. The van der Waals surface area contributed by atoms with E-state index in [0.717, 1.165) is 0 Å². The fourth-order valence-corrected chi connectivity index (χ4v) is 2.13. The lowest BCUT2D eigenvalue weighted by Gasteiger charge is -2.23. The maximum Gasteiger partial charge on any atom is 0.307 e. The van der Waals surface area contributed by atoms with E-state index in [-0.39, 0.29) is 17.7 Å². The predicted octanol–water partition coefficient (Wildman–Crippen LogP) is 0.00930. The lowest BCUT2D eigenvalue weighted by molar-refractivity contribution is -0.147. The Balaban J connectivity index is 2.27. The number of aliphatic carboxylic acids is 1. The van der Waals surface area contributed by atoms with E-state index in [9.17, 15) is 9.59 Å². The van der Waals surface area contributed by atoms with E-state index in [1.807, 2.05) is 12.2 Å². The Hall–Kier alpha value is -1.32. The minimum Gasteiger partial charge on any atom is -0.481 e. The quantitative estimate of drug-likeness (QED) is 0.560. The molecule has 13 heavy (non-hydrogen) atoms. The Morgan fingerprint density at radius 2 is 2.38 bits per heavy atom. The first-order chi connectivity index (χ1) is 6.20. The lowest BCUT2D eigenvalue weighted by atomic mass is 9.77. The Bertz CT molecular complexity index is 285. The van der Waals surface area contributed by atoms with Crippen molar-refractivity contribution in [1.82, 2.24) is 5.32 Å². The highest BCUT2D eigenvalue weighted by Gasteiger charge is 2.43. The SMILES string of the molecule is O=C(O)C1CC=CC2CNC(=O)C21. The molecule has 4 heteroatoms. The van der Waals surface area contributed by atoms with Crippen LogP contribution < -0.4 is 5.32 Å². The predicted molar refractivity (Wildman–Crippen MR) is 44.9 cm³/mol. The number of rotatable bonds is 1.